The van der Waals surface area contributed by atoms with Crippen LogP contribution in [0.4, 0.5) is 0 Å². The van der Waals surface area contributed by atoms with Crippen LogP contribution in [0.3, 0.4) is 0 Å². The van der Waals surface area contributed by atoms with Gasteiger partial charge in [-0.1, -0.05) is 13.8 Å². The Labute approximate surface area is 85.3 Å². The molecule has 1 saturated carbocycles. The van der Waals surface area contributed by atoms with Gasteiger partial charge in [-0.3, -0.25) is 0 Å². The fraction of sp³-hybridized carbons (Fsp3) is 1.00. The number of rotatable bonds is 5. The number of aliphatic hydroxyl groups is 2. The molecule has 1 aliphatic rings. The van der Waals surface area contributed by atoms with Crippen LogP contribution < -0.4 is 5.32 Å². The molecule has 0 aromatic heterocycles. The molecule has 84 valence electrons. The lowest BCUT2D eigenvalue weighted by Crippen LogP contribution is -2.61. The van der Waals surface area contributed by atoms with Gasteiger partial charge >= 0.3 is 0 Å². The fourth-order valence-electron chi connectivity index (χ4n) is 1.78. The first-order valence-electron chi connectivity index (χ1n) is 5.07. The van der Waals surface area contributed by atoms with Crippen LogP contribution >= 0.6 is 0 Å². The van der Waals surface area contributed by atoms with Crippen LogP contribution in [0.2, 0.25) is 0 Å². The van der Waals surface area contributed by atoms with Gasteiger partial charge in [-0.05, 0) is 6.42 Å². The minimum Gasteiger partial charge on any atom is -0.392 e. The van der Waals surface area contributed by atoms with Gasteiger partial charge in [0, 0.05) is 25.1 Å². The molecular formula is C10H21NO3. The SMILES string of the molecule is COCC(O)CNC1CC(O)C1(C)C. The Bertz CT molecular complexity index is 184. The Hall–Kier alpha value is -0.160. The Kier molecular flexibility index (Phi) is 3.89. The smallest absolute Gasteiger partial charge is 0.0897 e. The van der Waals surface area contributed by atoms with Crippen molar-refractivity contribution in [2.45, 2.75) is 38.5 Å². The molecule has 3 N–H and O–H groups in total. The molecule has 1 fully saturated rings. The van der Waals surface area contributed by atoms with Gasteiger partial charge in [-0.25, -0.2) is 0 Å². The van der Waals surface area contributed by atoms with Gasteiger partial charge in [0.25, 0.3) is 0 Å². The Morgan fingerprint density at radius 2 is 2.21 bits per heavy atom. The average Bonchev–Trinajstić information content (AvgIpc) is 2.12. The van der Waals surface area contributed by atoms with Crippen molar-refractivity contribution in [3.8, 4) is 0 Å². The van der Waals surface area contributed by atoms with Gasteiger partial charge in [-0.15, -0.1) is 0 Å². The van der Waals surface area contributed by atoms with Gasteiger partial charge in [0.05, 0.1) is 18.8 Å². The lowest BCUT2D eigenvalue weighted by Gasteiger charge is -2.49. The summed E-state index contributed by atoms with van der Waals surface area (Å²) in [5.41, 5.74) is -0.0766. The third kappa shape index (κ3) is 2.45. The standard InChI is InChI=1S/C10H21NO3/c1-10(2)8(4-9(10)13)11-5-7(12)6-14-3/h7-9,11-13H,4-6H2,1-3H3. The number of hydrogen-bond acceptors (Lipinski definition) is 4. The highest BCUT2D eigenvalue weighted by Gasteiger charge is 2.46. The summed E-state index contributed by atoms with van der Waals surface area (Å²) in [5.74, 6) is 0. The minimum atomic E-state index is -0.464. The Morgan fingerprint density at radius 3 is 2.64 bits per heavy atom. The molecule has 0 aliphatic heterocycles. The summed E-state index contributed by atoms with van der Waals surface area (Å²) >= 11 is 0. The van der Waals surface area contributed by atoms with E-state index in [1.165, 1.54) is 0 Å². The van der Waals surface area contributed by atoms with E-state index < -0.39 is 6.10 Å². The van der Waals surface area contributed by atoms with Crippen LogP contribution in [0, 0.1) is 5.41 Å². The van der Waals surface area contributed by atoms with Crippen molar-refractivity contribution in [3.63, 3.8) is 0 Å². The molecule has 14 heavy (non-hydrogen) atoms. The van der Waals surface area contributed by atoms with Crippen molar-refractivity contribution in [2.24, 2.45) is 5.41 Å². The molecule has 0 heterocycles. The zero-order valence-electron chi connectivity index (χ0n) is 9.16. The molecule has 3 atom stereocenters. The zero-order valence-corrected chi connectivity index (χ0v) is 9.16. The Balaban J connectivity index is 2.20. The Morgan fingerprint density at radius 1 is 1.57 bits per heavy atom. The van der Waals surface area contributed by atoms with Crippen molar-refractivity contribution in [1.82, 2.24) is 5.32 Å². The summed E-state index contributed by atoms with van der Waals surface area (Å²) in [6.45, 7) is 4.93. The van der Waals surface area contributed by atoms with E-state index in [-0.39, 0.29) is 11.5 Å². The van der Waals surface area contributed by atoms with Crippen molar-refractivity contribution >= 4 is 0 Å². The predicted octanol–water partition coefficient (Wildman–Crippen LogP) is -0.257. The average molecular weight is 203 g/mol. The highest BCUT2D eigenvalue weighted by Crippen LogP contribution is 2.40. The first-order valence-corrected chi connectivity index (χ1v) is 5.07. The second kappa shape index (κ2) is 4.57. The summed E-state index contributed by atoms with van der Waals surface area (Å²) in [6, 6.07) is 0.295. The van der Waals surface area contributed by atoms with E-state index in [4.69, 9.17) is 4.74 Å². The van der Waals surface area contributed by atoms with Crippen molar-refractivity contribution < 1.29 is 14.9 Å². The molecule has 0 saturated heterocycles. The van der Waals surface area contributed by atoms with Gasteiger partial charge in [0.15, 0.2) is 0 Å². The largest absolute Gasteiger partial charge is 0.392 e. The molecule has 0 aromatic carbocycles. The highest BCUT2D eigenvalue weighted by atomic mass is 16.5. The molecule has 0 bridgehead atoms. The third-order valence-electron chi connectivity index (χ3n) is 3.17. The maximum absolute atomic E-state index is 9.49. The van der Waals surface area contributed by atoms with E-state index >= 15 is 0 Å². The van der Waals surface area contributed by atoms with Crippen LogP contribution in [0.5, 0.6) is 0 Å². The van der Waals surface area contributed by atoms with E-state index in [1.807, 2.05) is 13.8 Å². The molecular weight excluding hydrogens is 182 g/mol. The summed E-state index contributed by atoms with van der Waals surface area (Å²) < 4.78 is 4.82. The second-order valence-electron chi connectivity index (χ2n) is 4.64. The molecule has 4 nitrogen and oxygen atoms in total. The molecule has 1 aliphatic carbocycles. The number of ether oxygens (including phenoxy) is 1. The summed E-state index contributed by atoms with van der Waals surface area (Å²) in [6.07, 6.45) is 0.0836. The number of methoxy groups -OCH3 is 1. The maximum atomic E-state index is 9.49. The van der Waals surface area contributed by atoms with E-state index in [0.717, 1.165) is 6.42 Å². The zero-order chi connectivity index (χ0) is 10.8. The maximum Gasteiger partial charge on any atom is 0.0897 e. The predicted molar refractivity (Wildman–Crippen MR) is 54.1 cm³/mol. The summed E-state index contributed by atoms with van der Waals surface area (Å²) in [4.78, 5) is 0. The van der Waals surface area contributed by atoms with E-state index in [2.05, 4.69) is 5.32 Å². The molecule has 0 amide bonds. The molecule has 0 aromatic rings. The number of aliphatic hydroxyl groups excluding tert-OH is 2. The molecule has 0 radical (unpaired) electrons. The number of nitrogens with one attached hydrogen (secondary N) is 1. The monoisotopic (exact) mass is 203 g/mol. The van der Waals surface area contributed by atoms with Gasteiger partial charge in [0.2, 0.25) is 0 Å². The van der Waals surface area contributed by atoms with Gasteiger partial charge in [-0.2, -0.15) is 0 Å². The minimum absolute atomic E-state index is 0.0766. The van der Waals surface area contributed by atoms with Crippen LogP contribution in [0.25, 0.3) is 0 Å². The normalized spacial score (nSPS) is 32.4. The van der Waals surface area contributed by atoms with Gasteiger partial charge in [0.1, 0.15) is 0 Å². The van der Waals surface area contributed by atoms with Crippen LogP contribution in [-0.4, -0.2) is 48.7 Å². The van der Waals surface area contributed by atoms with Crippen molar-refractivity contribution in [1.29, 1.82) is 0 Å². The summed E-state index contributed by atoms with van der Waals surface area (Å²) in [7, 11) is 1.57. The molecule has 4 heteroatoms. The topological polar surface area (TPSA) is 61.7 Å². The highest BCUT2D eigenvalue weighted by molar-refractivity contribution is 5.01. The summed E-state index contributed by atoms with van der Waals surface area (Å²) in [5, 5.41) is 22.1. The quantitative estimate of drug-likeness (QED) is 0.576. The first-order chi connectivity index (χ1) is 6.48. The molecule has 1 rings (SSSR count). The molecule has 3 unspecified atom stereocenters. The lowest BCUT2D eigenvalue weighted by atomic mass is 9.64. The van der Waals surface area contributed by atoms with Crippen LogP contribution in [-0.2, 0) is 4.74 Å². The van der Waals surface area contributed by atoms with E-state index in [0.29, 0.717) is 19.2 Å². The number of hydrogen-bond donors (Lipinski definition) is 3. The first kappa shape index (κ1) is 11.9. The van der Waals surface area contributed by atoms with Gasteiger partial charge < -0.3 is 20.3 Å². The van der Waals surface area contributed by atoms with Crippen molar-refractivity contribution in [2.75, 3.05) is 20.3 Å². The van der Waals surface area contributed by atoms with E-state index in [1.54, 1.807) is 7.11 Å². The van der Waals surface area contributed by atoms with Crippen LogP contribution in [0.1, 0.15) is 20.3 Å². The second-order valence-corrected chi connectivity index (χ2v) is 4.64. The lowest BCUT2D eigenvalue weighted by molar-refractivity contribution is -0.0761. The third-order valence-corrected chi connectivity index (χ3v) is 3.17. The molecule has 0 spiro atoms. The van der Waals surface area contributed by atoms with E-state index in [9.17, 15) is 10.2 Å². The van der Waals surface area contributed by atoms with Crippen molar-refractivity contribution in [3.05, 3.63) is 0 Å². The van der Waals surface area contributed by atoms with Crippen LogP contribution in [0.15, 0.2) is 0 Å². The fourth-order valence-corrected chi connectivity index (χ4v) is 1.78.